The van der Waals surface area contributed by atoms with E-state index in [0.29, 0.717) is 23.7 Å². The third-order valence-corrected chi connectivity index (χ3v) is 6.94. The van der Waals surface area contributed by atoms with Crippen molar-refractivity contribution in [3.8, 4) is 5.75 Å². The van der Waals surface area contributed by atoms with Crippen molar-refractivity contribution in [2.24, 2.45) is 0 Å². The van der Waals surface area contributed by atoms with Gasteiger partial charge in [0.05, 0.1) is 23.1 Å². The summed E-state index contributed by atoms with van der Waals surface area (Å²) < 4.78 is 5.43. The van der Waals surface area contributed by atoms with Gasteiger partial charge in [-0.15, -0.1) is 0 Å². The highest BCUT2D eigenvalue weighted by molar-refractivity contribution is 5.70. The van der Waals surface area contributed by atoms with Crippen LogP contribution in [0.3, 0.4) is 0 Å². The molecule has 0 radical (unpaired) electrons. The van der Waals surface area contributed by atoms with E-state index in [4.69, 9.17) is 9.72 Å². The number of benzene rings is 1. The van der Waals surface area contributed by atoms with Crippen LogP contribution in [0.4, 0.5) is 4.79 Å². The molecule has 196 valence electrons. The molecule has 9 nitrogen and oxygen atoms in total. The minimum atomic E-state index is -0.528. The van der Waals surface area contributed by atoms with E-state index < -0.39 is 6.09 Å². The summed E-state index contributed by atoms with van der Waals surface area (Å²) in [4.78, 5) is 35.6. The van der Waals surface area contributed by atoms with Gasteiger partial charge in [-0.1, -0.05) is 30.3 Å². The van der Waals surface area contributed by atoms with Crippen molar-refractivity contribution in [1.82, 2.24) is 35.1 Å². The third kappa shape index (κ3) is 6.06. The van der Waals surface area contributed by atoms with Crippen LogP contribution < -0.4 is 10.1 Å². The van der Waals surface area contributed by atoms with Gasteiger partial charge in [0.1, 0.15) is 12.2 Å². The molecule has 1 atom stereocenters. The lowest BCUT2D eigenvalue weighted by Crippen LogP contribution is -2.31. The van der Waals surface area contributed by atoms with Crippen LogP contribution in [0.5, 0.6) is 5.75 Å². The maximum Gasteiger partial charge on any atom is 0.412 e. The molecule has 0 saturated carbocycles. The molecule has 1 unspecified atom stereocenters. The van der Waals surface area contributed by atoms with E-state index in [2.05, 4.69) is 48.4 Å². The summed E-state index contributed by atoms with van der Waals surface area (Å²) >= 11 is 0. The molecule has 9 heteroatoms. The Kier molecular flexibility index (Phi) is 7.74. The van der Waals surface area contributed by atoms with Crippen LogP contribution in [0.15, 0.2) is 55.1 Å². The van der Waals surface area contributed by atoms with Gasteiger partial charge in [-0.3, -0.25) is 9.88 Å². The van der Waals surface area contributed by atoms with Gasteiger partial charge in [0, 0.05) is 37.7 Å². The summed E-state index contributed by atoms with van der Waals surface area (Å²) in [5.41, 5.74) is 7.07. The van der Waals surface area contributed by atoms with Crippen molar-refractivity contribution in [3.63, 3.8) is 0 Å². The van der Waals surface area contributed by atoms with Crippen LogP contribution in [0.1, 0.15) is 64.2 Å². The zero-order valence-electron chi connectivity index (χ0n) is 22.1. The summed E-state index contributed by atoms with van der Waals surface area (Å²) in [5.74, 6) is 1.31. The number of hydrogen-bond acceptors (Lipinski definition) is 7. The number of H-pyrrole nitrogens is 1. The number of amides is 1. The third-order valence-electron chi connectivity index (χ3n) is 6.94. The van der Waals surface area contributed by atoms with Gasteiger partial charge >= 0.3 is 6.09 Å². The number of aromatic amines is 1. The minimum absolute atomic E-state index is 0.244. The number of hydrogen-bond donors (Lipinski definition) is 2. The molecule has 0 saturated heterocycles. The fourth-order valence-corrected chi connectivity index (χ4v) is 5.02. The van der Waals surface area contributed by atoms with Crippen molar-refractivity contribution in [3.05, 3.63) is 100 Å². The number of carbonyl (C=O) groups is 1. The monoisotopic (exact) mass is 511 g/mol. The molecule has 2 N–H and O–H groups in total. The normalized spacial score (nSPS) is 14.8. The predicted octanol–water partition coefficient (Wildman–Crippen LogP) is 4.89. The average molecular weight is 512 g/mol. The number of pyridine rings is 1. The number of imidazole rings is 1. The lowest BCUT2D eigenvalue weighted by molar-refractivity contribution is 0.155. The van der Waals surface area contributed by atoms with Crippen molar-refractivity contribution in [2.45, 2.75) is 65.7 Å². The van der Waals surface area contributed by atoms with Crippen LogP contribution in [0, 0.1) is 20.8 Å². The minimum Gasteiger partial charge on any atom is -0.406 e. The predicted molar refractivity (Wildman–Crippen MR) is 143 cm³/mol. The number of aromatic nitrogens is 5. The second-order valence-corrected chi connectivity index (χ2v) is 9.79. The molecule has 38 heavy (non-hydrogen) atoms. The largest absolute Gasteiger partial charge is 0.412 e. The number of rotatable bonds is 8. The first kappa shape index (κ1) is 25.5. The van der Waals surface area contributed by atoms with Gasteiger partial charge in [-0.05, 0) is 62.8 Å². The number of ether oxygens (including phenoxy) is 1. The van der Waals surface area contributed by atoms with E-state index in [1.807, 2.05) is 37.5 Å². The number of carbonyl (C=O) groups excluding carboxylic acids is 1. The van der Waals surface area contributed by atoms with E-state index >= 15 is 0 Å². The second-order valence-electron chi connectivity index (χ2n) is 9.79. The molecule has 0 fully saturated rings. The lowest BCUT2D eigenvalue weighted by Gasteiger charge is -2.35. The Labute approximate surface area is 222 Å². The zero-order valence-corrected chi connectivity index (χ0v) is 22.1. The van der Waals surface area contributed by atoms with Crippen molar-refractivity contribution in [2.75, 3.05) is 0 Å². The Morgan fingerprint density at radius 1 is 1.03 bits per heavy atom. The molecule has 3 heterocycles. The molecule has 0 aliphatic heterocycles. The number of aryl methyl sites for hydroxylation is 4. The Morgan fingerprint density at radius 3 is 2.53 bits per heavy atom. The summed E-state index contributed by atoms with van der Waals surface area (Å²) in [6.07, 6.45) is 8.05. The van der Waals surface area contributed by atoms with Crippen molar-refractivity contribution >= 4 is 6.09 Å². The molecule has 1 amide bonds. The van der Waals surface area contributed by atoms with Crippen LogP contribution in [-0.4, -0.2) is 35.9 Å². The van der Waals surface area contributed by atoms with Crippen molar-refractivity contribution in [1.29, 1.82) is 0 Å². The van der Waals surface area contributed by atoms with E-state index in [-0.39, 0.29) is 6.04 Å². The average Bonchev–Trinajstić information content (AvgIpc) is 3.34. The number of nitrogens with zero attached hydrogens (tertiary/aromatic N) is 5. The molecule has 5 rings (SSSR count). The summed E-state index contributed by atoms with van der Waals surface area (Å²) in [6.45, 7) is 7.45. The van der Waals surface area contributed by atoms with E-state index in [1.165, 1.54) is 23.1 Å². The van der Waals surface area contributed by atoms with Crippen LogP contribution in [0.2, 0.25) is 0 Å². The Balaban J connectivity index is 1.25. The Morgan fingerprint density at radius 2 is 1.79 bits per heavy atom. The highest BCUT2D eigenvalue weighted by Crippen LogP contribution is 2.34. The zero-order chi connectivity index (χ0) is 26.5. The molecule has 1 aliphatic carbocycles. The molecule has 0 spiro atoms. The number of fused-ring (bicyclic) bond motifs is 1. The first-order chi connectivity index (χ1) is 18.5. The van der Waals surface area contributed by atoms with Crippen LogP contribution in [-0.2, 0) is 26.1 Å². The number of nitrogens with one attached hydrogen (secondary N) is 2. The van der Waals surface area contributed by atoms with E-state index in [9.17, 15) is 4.79 Å². The maximum atomic E-state index is 12.3. The molecule has 1 aromatic carbocycles. The van der Waals surface area contributed by atoms with Gasteiger partial charge in [0.15, 0.2) is 5.75 Å². The van der Waals surface area contributed by atoms with Crippen LogP contribution >= 0.6 is 0 Å². The maximum absolute atomic E-state index is 12.3. The van der Waals surface area contributed by atoms with Gasteiger partial charge in [-0.2, -0.15) is 0 Å². The Bertz CT molecular complexity index is 1380. The first-order valence-electron chi connectivity index (χ1n) is 13.0. The second kappa shape index (κ2) is 11.5. The molecule has 3 aromatic heterocycles. The van der Waals surface area contributed by atoms with Gasteiger partial charge in [0.25, 0.3) is 0 Å². The smallest absolute Gasteiger partial charge is 0.406 e. The molecule has 0 bridgehead atoms. The molecule has 1 aliphatic rings. The standard InChI is InChI=1S/C29H33N7O2/c1-19-28(20(2)34-18-33-19)38-29(37)32-14-22-9-11-23(12-10-22)16-36(17-25-15-31-21(3)35-25)26-8-4-6-24-7-5-13-30-27(24)26/h5,7,9-13,15,18,26H,4,6,8,14,16-17H2,1-3H3,(H,31,35)(H,32,37). The quantitative estimate of drug-likeness (QED) is 0.347. The first-order valence-corrected chi connectivity index (χ1v) is 13.0. The van der Waals surface area contributed by atoms with E-state index in [1.54, 1.807) is 13.8 Å². The molecule has 4 aromatic rings. The SMILES string of the molecule is Cc1ncc(CN(Cc2ccc(CNC(=O)Oc3c(C)ncnc3C)cc2)C2CCCc3cccnc32)[nH]1. The molecular formula is C29H33N7O2. The Hall–Kier alpha value is -4.11. The van der Waals surface area contributed by atoms with Crippen LogP contribution in [0.25, 0.3) is 0 Å². The summed E-state index contributed by atoms with van der Waals surface area (Å²) in [5, 5.41) is 2.81. The molecular weight excluding hydrogens is 478 g/mol. The van der Waals surface area contributed by atoms with Gasteiger partial charge in [-0.25, -0.2) is 19.7 Å². The fourth-order valence-electron chi connectivity index (χ4n) is 5.02. The summed E-state index contributed by atoms with van der Waals surface area (Å²) in [7, 11) is 0. The van der Waals surface area contributed by atoms with Gasteiger partial charge < -0.3 is 15.0 Å². The highest BCUT2D eigenvalue weighted by atomic mass is 16.6. The summed E-state index contributed by atoms with van der Waals surface area (Å²) in [6, 6.07) is 12.8. The highest BCUT2D eigenvalue weighted by Gasteiger charge is 2.27. The van der Waals surface area contributed by atoms with E-state index in [0.717, 1.165) is 49.4 Å². The lowest BCUT2D eigenvalue weighted by atomic mass is 9.90. The van der Waals surface area contributed by atoms with Gasteiger partial charge in [0.2, 0.25) is 0 Å². The fraction of sp³-hybridized carbons (Fsp3) is 0.345. The van der Waals surface area contributed by atoms with Crippen molar-refractivity contribution < 1.29 is 9.53 Å². The topological polar surface area (TPSA) is 109 Å².